The summed E-state index contributed by atoms with van der Waals surface area (Å²) in [6.45, 7) is 6.04. The Morgan fingerprint density at radius 2 is 0.892 bits per heavy atom. The van der Waals surface area contributed by atoms with Crippen LogP contribution in [-0.2, 0) is 30.1 Å². The van der Waals surface area contributed by atoms with Gasteiger partial charge in [0.15, 0.2) is 0 Å². The summed E-state index contributed by atoms with van der Waals surface area (Å²) in [4.78, 5) is 0. The average molecular weight is 545 g/mol. The molecule has 1 aromatic carbocycles. The molecule has 7 nitrogen and oxygen atoms in total. The number of aryl methyl sites for hydroxylation is 1. The van der Waals surface area contributed by atoms with Gasteiger partial charge in [0, 0.05) is 13.2 Å². The summed E-state index contributed by atoms with van der Waals surface area (Å²) < 4.78 is 27.7. The number of hydrogen-bond donors (Lipinski definition) is 3. The molecule has 2 N–H and O–H groups in total. The van der Waals surface area contributed by atoms with Crippen LogP contribution in [-0.4, -0.2) is 82.0 Å². The van der Waals surface area contributed by atoms with Gasteiger partial charge < -0.3 is 33.9 Å². The van der Waals surface area contributed by atoms with E-state index >= 15 is 0 Å². The van der Waals surface area contributed by atoms with E-state index < -0.39 is 0 Å². The zero-order chi connectivity index (χ0) is 26.7. The van der Waals surface area contributed by atoms with Gasteiger partial charge in [0.25, 0.3) is 0 Å². The highest BCUT2D eigenvalue weighted by molar-refractivity contribution is 7.80. The van der Waals surface area contributed by atoms with Crippen molar-refractivity contribution in [1.82, 2.24) is 0 Å². The minimum atomic E-state index is 0.177. The molecule has 0 atom stereocenters. The van der Waals surface area contributed by atoms with E-state index in [-0.39, 0.29) is 11.5 Å². The molecule has 0 saturated heterocycles. The van der Waals surface area contributed by atoms with E-state index in [1.54, 1.807) is 6.07 Å². The fraction of sp³-hybridized carbons (Fsp3) is 0.793. The van der Waals surface area contributed by atoms with Crippen LogP contribution in [0.15, 0.2) is 18.2 Å². The standard InChI is InChI=1S/C29H52O7S/c30-28-13-14-29(31)27(26-28)12-8-10-16-33-18-20-35-22-24-36-23-21-34-19-17-32-15-9-6-4-2-1-3-5-7-11-25-37/h13-14,26,30-31,37H,1-12,15-25H2. The predicted octanol–water partition coefficient (Wildman–Crippen LogP) is 5.94. The molecule has 0 aliphatic rings. The topological polar surface area (TPSA) is 86.6 Å². The third kappa shape index (κ3) is 22.6. The second-order valence-electron chi connectivity index (χ2n) is 9.24. The van der Waals surface area contributed by atoms with Crippen molar-refractivity contribution in [2.75, 3.05) is 71.8 Å². The first-order valence-electron chi connectivity index (χ1n) is 14.2. The highest BCUT2D eigenvalue weighted by Crippen LogP contribution is 2.23. The van der Waals surface area contributed by atoms with Gasteiger partial charge >= 0.3 is 0 Å². The molecule has 0 unspecified atom stereocenters. The van der Waals surface area contributed by atoms with Crippen LogP contribution in [0.25, 0.3) is 0 Å². The molecule has 0 saturated carbocycles. The number of aromatic hydroxyl groups is 2. The van der Waals surface area contributed by atoms with Gasteiger partial charge in [0.1, 0.15) is 11.5 Å². The first-order chi connectivity index (χ1) is 18.2. The maximum absolute atomic E-state index is 9.75. The maximum atomic E-state index is 9.75. The molecule has 1 aromatic rings. The first-order valence-corrected chi connectivity index (χ1v) is 14.9. The molecule has 0 fully saturated rings. The summed E-state index contributed by atoms with van der Waals surface area (Å²) in [5.74, 6) is 1.42. The van der Waals surface area contributed by atoms with Crippen molar-refractivity contribution >= 4 is 12.6 Å². The summed E-state index contributed by atoms with van der Waals surface area (Å²) in [5.41, 5.74) is 0.764. The zero-order valence-corrected chi connectivity index (χ0v) is 23.8. The van der Waals surface area contributed by atoms with Crippen LogP contribution in [0.1, 0.15) is 76.2 Å². The molecule has 0 amide bonds. The van der Waals surface area contributed by atoms with Gasteiger partial charge in [-0.15, -0.1) is 0 Å². The maximum Gasteiger partial charge on any atom is 0.119 e. The molecule has 1 rings (SSSR count). The average Bonchev–Trinajstić information content (AvgIpc) is 2.90. The number of rotatable bonds is 28. The summed E-state index contributed by atoms with van der Waals surface area (Å²) in [5, 5.41) is 19.2. The Kier molecular flexibility index (Phi) is 24.4. The Balaban J connectivity index is 1.68. The number of ether oxygens (including phenoxy) is 5. The molecule has 8 heteroatoms. The van der Waals surface area contributed by atoms with E-state index in [1.807, 2.05) is 0 Å². The lowest BCUT2D eigenvalue weighted by Crippen LogP contribution is -2.13. The van der Waals surface area contributed by atoms with Crippen molar-refractivity contribution in [2.24, 2.45) is 0 Å². The van der Waals surface area contributed by atoms with Gasteiger partial charge in [-0.3, -0.25) is 0 Å². The summed E-state index contributed by atoms with van der Waals surface area (Å²) in [6.07, 6.45) is 14.2. The third-order valence-corrected chi connectivity index (χ3v) is 6.30. The Morgan fingerprint density at radius 1 is 0.486 bits per heavy atom. The molecular weight excluding hydrogens is 492 g/mol. The highest BCUT2D eigenvalue weighted by Gasteiger charge is 2.02. The van der Waals surface area contributed by atoms with Crippen molar-refractivity contribution in [1.29, 1.82) is 0 Å². The Morgan fingerprint density at radius 3 is 1.38 bits per heavy atom. The van der Waals surface area contributed by atoms with E-state index in [4.69, 9.17) is 23.7 Å². The molecular formula is C29H52O7S. The molecule has 0 aromatic heterocycles. The molecule has 0 aliphatic carbocycles. The molecule has 0 aliphatic heterocycles. The minimum Gasteiger partial charge on any atom is -0.508 e. The summed E-state index contributed by atoms with van der Waals surface area (Å²) in [7, 11) is 0. The molecule has 0 radical (unpaired) electrons. The second kappa shape index (κ2) is 26.6. The number of phenolic OH excluding ortho intramolecular Hbond substituents is 2. The van der Waals surface area contributed by atoms with Crippen molar-refractivity contribution < 1.29 is 33.9 Å². The van der Waals surface area contributed by atoms with Crippen LogP contribution in [0.5, 0.6) is 11.5 Å². The predicted molar refractivity (Wildman–Crippen MR) is 152 cm³/mol. The van der Waals surface area contributed by atoms with Gasteiger partial charge in [-0.05, 0) is 61.6 Å². The van der Waals surface area contributed by atoms with E-state index in [0.29, 0.717) is 65.9 Å². The lowest BCUT2D eigenvalue weighted by Gasteiger charge is -2.08. The minimum absolute atomic E-state index is 0.177. The third-order valence-electron chi connectivity index (χ3n) is 5.98. The van der Waals surface area contributed by atoms with Crippen LogP contribution in [0.3, 0.4) is 0 Å². The number of thiol groups is 1. The normalized spacial score (nSPS) is 11.4. The molecule has 216 valence electrons. The zero-order valence-electron chi connectivity index (χ0n) is 22.9. The van der Waals surface area contributed by atoms with Gasteiger partial charge in [-0.25, -0.2) is 0 Å². The highest BCUT2D eigenvalue weighted by atomic mass is 32.1. The molecule has 37 heavy (non-hydrogen) atoms. The smallest absolute Gasteiger partial charge is 0.119 e. The van der Waals surface area contributed by atoms with Crippen molar-refractivity contribution in [3.05, 3.63) is 23.8 Å². The SMILES string of the molecule is Oc1ccc(O)c(CCCCOCCOCCOCCOCCOCCCCCCCCCCCS)c1. The van der Waals surface area contributed by atoms with Crippen LogP contribution in [0, 0.1) is 0 Å². The molecule has 0 heterocycles. The Labute approximate surface area is 230 Å². The van der Waals surface area contributed by atoms with E-state index in [9.17, 15) is 10.2 Å². The summed E-state index contributed by atoms with van der Waals surface area (Å²) >= 11 is 4.25. The second-order valence-corrected chi connectivity index (χ2v) is 9.68. The van der Waals surface area contributed by atoms with Gasteiger partial charge in [0.2, 0.25) is 0 Å². The van der Waals surface area contributed by atoms with Crippen LogP contribution < -0.4 is 0 Å². The van der Waals surface area contributed by atoms with Gasteiger partial charge in [0.05, 0.1) is 52.9 Å². The van der Waals surface area contributed by atoms with E-state index in [1.165, 1.54) is 63.5 Å². The lowest BCUT2D eigenvalue weighted by atomic mass is 10.1. The largest absolute Gasteiger partial charge is 0.508 e. The number of benzene rings is 1. The van der Waals surface area contributed by atoms with Gasteiger partial charge in [-0.1, -0.05) is 44.9 Å². The van der Waals surface area contributed by atoms with Gasteiger partial charge in [-0.2, -0.15) is 12.6 Å². The van der Waals surface area contributed by atoms with Crippen LogP contribution >= 0.6 is 12.6 Å². The number of hydrogen-bond acceptors (Lipinski definition) is 8. The summed E-state index contributed by atoms with van der Waals surface area (Å²) in [6, 6.07) is 4.60. The van der Waals surface area contributed by atoms with Crippen LogP contribution in [0.2, 0.25) is 0 Å². The Hall–Kier alpha value is -1.03. The van der Waals surface area contributed by atoms with Crippen LogP contribution in [0.4, 0.5) is 0 Å². The lowest BCUT2D eigenvalue weighted by molar-refractivity contribution is -0.0114. The van der Waals surface area contributed by atoms with E-state index in [0.717, 1.165) is 37.2 Å². The van der Waals surface area contributed by atoms with Crippen molar-refractivity contribution in [3.63, 3.8) is 0 Å². The molecule has 0 bridgehead atoms. The van der Waals surface area contributed by atoms with Crippen molar-refractivity contribution in [2.45, 2.75) is 77.0 Å². The quantitative estimate of drug-likeness (QED) is 0.0683. The fourth-order valence-corrected chi connectivity index (χ4v) is 4.05. The van der Waals surface area contributed by atoms with E-state index in [2.05, 4.69) is 12.6 Å². The number of phenols is 2. The number of unbranched alkanes of at least 4 members (excludes halogenated alkanes) is 9. The Bertz CT molecular complexity index is 618. The fourth-order valence-electron chi connectivity index (χ4n) is 3.83. The first kappa shape index (κ1) is 34.0. The monoisotopic (exact) mass is 544 g/mol. The molecule has 0 spiro atoms. The van der Waals surface area contributed by atoms with Crippen molar-refractivity contribution in [3.8, 4) is 11.5 Å².